The lowest BCUT2D eigenvalue weighted by Gasteiger charge is -2.14. The van der Waals surface area contributed by atoms with Gasteiger partial charge in [0.1, 0.15) is 5.75 Å². The molecule has 0 saturated heterocycles. The van der Waals surface area contributed by atoms with Crippen LogP contribution in [0.1, 0.15) is 21.6 Å². The summed E-state index contributed by atoms with van der Waals surface area (Å²) in [5.41, 5.74) is 3.00. The van der Waals surface area contributed by atoms with Gasteiger partial charge < -0.3 is 24.3 Å². The highest BCUT2D eigenvalue weighted by atomic mass is 35.5. The Morgan fingerprint density at radius 2 is 1.51 bits per heavy atom. The van der Waals surface area contributed by atoms with E-state index in [9.17, 15) is 9.59 Å². The summed E-state index contributed by atoms with van der Waals surface area (Å²) in [6.45, 7) is 1.82. The minimum Gasteiger partial charge on any atom is -0.497 e. The van der Waals surface area contributed by atoms with Gasteiger partial charge in [0.25, 0.3) is 5.91 Å². The summed E-state index contributed by atoms with van der Waals surface area (Å²) in [6.07, 6.45) is 0.0209. The highest BCUT2D eigenvalue weighted by Crippen LogP contribution is 2.40. The molecule has 3 aromatic carbocycles. The number of aromatic nitrogens is 1. The van der Waals surface area contributed by atoms with Crippen LogP contribution < -0.4 is 24.3 Å². The molecule has 37 heavy (non-hydrogen) atoms. The van der Waals surface area contributed by atoms with Crippen LogP contribution in [0.4, 0.5) is 5.69 Å². The number of carbonyl (C=O) groups excluding carboxylic acids is 2. The van der Waals surface area contributed by atoms with E-state index in [1.54, 1.807) is 54.1 Å². The van der Waals surface area contributed by atoms with E-state index in [1.807, 2.05) is 19.1 Å². The molecule has 8 nitrogen and oxygen atoms in total. The molecule has 192 valence electrons. The summed E-state index contributed by atoms with van der Waals surface area (Å²) in [5, 5.41) is 4.18. The van der Waals surface area contributed by atoms with Gasteiger partial charge in [0, 0.05) is 39.5 Å². The highest BCUT2D eigenvalue weighted by molar-refractivity contribution is 6.30. The van der Waals surface area contributed by atoms with E-state index >= 15 is 0 Å². The molecular formula is C28H27ClN2O6. The van der Waals surface area contributed by atoms with Crippen molar-refractivity contribution in [2.75, 3.05) is 33.8 Å². The van der Waals surface area contributed by atoms with Gasteiger partial charge in [0.15, 0.2) is 11.5 Å². The molecule has 4 rings (SSSR count). The van der Waals surface area contributed by atoms with Crippen LogP contribution in [-0.4, -0.2) is 44.8 Å². The third-order valence-corrected chi connectivity index (χ3v) is 6.37. The van der Waals surface area contributed by atoms with Gasteiger partial charge in [0.05, 0.1) is 40.4 Å². The summed E-state index contributed by atoms with van der Waals surface area (Å²) in [7, 11) is 6.09. The van der Waals surface area contributed by atoms with Gasteiger partial charge in [0.2, 0.25) is 11.7 Å². The number of nitrogens with zero attached hydrogens (tertiary/aromatic N) is 1. The van der Waals surface area contributed by atoms with Crippen molar-refractivity contribution in [3.05, 3.63) is 76.4 Å². The molecule has 0 spiro atoms. The van der Waals surface area contributed by atoms with E-state index in [0.29, 0.717) is 56.0 Å². The van der Waals surface area contributed by atoms with Crippen LogP contribution in [0.2, 0.25) is 5.02 Å². The Morgan fingerprint density at radius 3 is 2.08 bits per heavy atom. The predicted octanol–water partition coefficient (Wildman–Crippen LogP) is 5.51. The molecule has 0 aliphatic carbocycles. The van der Waals surface area contributed by atoms with Gasteiger partial charge in [-0.2, -0.15) is 0 Å². The van der Waals surface area contributed by atoms with Gasteiger partial charge in [-0.1, -0.05) is 11.6 Å². The van der Waals surface area contributed by atoms with Crippen LogP contribution in [0, 0.1) is 6.92 Å². The second kappa shape index (κ2) is 10.8. The number of methoxy groups -OCH3 is 4. The molecule has 1 heterocycles. The lowest BCUT2D eigenvalue weighted by molar-refractivity contribution is -0.115. The number of hydrogen-bond acceptors (Lipinski definition) is 6. The van der Waals surface area contributed by atoms with Crippen molar-refractivity contribution < 1.29 is 28.5 Å². The van der Waals surface area contributed by atoms with Crippen molar-refractivity contribution >= 4 is 40.0 Å². The van der Waals surface area contributed by atoms with Crippen molar-refractivity contribution in [2.45, 2.75) is 13.3 Å². The zero-order chi connectivity index (χ0) is 26.7. The fourth-order valence-electron chi connectivity index (χ4n) is 4.31. The first-order valence-electron chi connectivity index (χ1n) is 11.4. The SMILES string of the molecule is COc1ccc2c(c1)c(CC(=O)Nc1cc(OC)c(OC)c(OC)c1)c(C)n2C(=O)c1ccc(Cl)cc1. The lowest BCUT2D eigenvalue weighted by Crippen LogP contribution is -2.17. The molecule has 0 radical (unpaired) electrons. The van der Waals surface area contributed by atoms with Gasteiger partial charge in [-0.05, 0) is 55.0 Å². The Morgan fingerprint density at radius 1 is 0.865 bits per heavy atom. The Balaban J connectivity index is 1.73. The van der Waals surface area contributed by atoms with E-state index < -0.39 is 0 Å². The quantitative estimate of drug-likeness (QED) is 0.328. The zero-order valence-corrected chi connectivity index (χ0v) is 21.9. The Bertz CT molecular complexity index is 1450. The third kappa shape index (κ3) is 5.06. The highest BCUT2D eigenvalue weighted by Gasteiger charge is 2.23. The van der Waals surface area contributed by atoms with Crippen LogP contribution in [0.15, 0.2) is 54.6 Å². The number of benzene rings is 3. The first kappa shape index (κ1) is 25.9. The lowest BCUT2D eigenvalue weighted by atomic mass is 10.1. The molecule has 0 atom stereocenters. The van der Waals surface area contributed by atoms with Gasteiger partial charge in [-0.3, -0.25) is 14.2 Å². The molecule has 1 N–H and O–H groups in total. The second-order valence-corrected chi connectivity index (χ2v) is 8.67. The molecule has 0 fully saturated rings. The molecule has 0 bridgehead atoms. The molecule has 0 unspecified atom stereocenters. The molecule has 1 aromatic heterocycles. The van der Waals surface area contributed by atoms with E-state index in [0.717, 1.165) is 5.39 Å². The molecule has 0 aliphatic heterocycles. The number of anilines is 1. The fraction of sp³-hybridized carbons (Fsp3) is 0.214. The predicted molar refractivity (Wildman–Crippen MR) is 143 cm³/mol. The van der Waals surface area contributed by atoms with Gasteiger partial charge in [-0.25, -0.2) is 0 Å². The summed E-state index contributed by atoms with van der Waals surface area (Å²) < 4.78 is 23.1. The van der Waals surface area contributed by atoms with Crippen molar-refractivity contribution in [1.82, 2.24) is 4.57 Å². The first-order valence-corrected chi connectivity index (χ1v) is 11.8. The number of nitrogens with one attached hydrogen (secondary N) is 1. The van der Waals surface area contributed by atoms with Gasteiger partial charge >= 0.3 is 0 Å². The van der Waals surface area contributed by atoms with Crippen molar-refractivity contribution in [2.24, 2.45) is 0 Å². The van der Waals surface area contributed by atoms with E-state index in [-0.39, 0.29) is 18.2 Å². The maximum absolute atomic E-state index is 13.5. The van der Waals surface area contributed by atoms with Crippen LogP contribution in [0.3, 0.4) is 0 Å². The Kier molecular flexibility index (Phi) is 7.59. The van der Waals surface area contributed by atoms with Gasteiger partial charge in [-0.15, -0.1) is 0 Å². The minimum atomic E-state index is -0.279. The molecule has 0 saturated carbocycles. The molecular weight excluding hydrogens is 496 g/mol. The largest absolute Gasteiger partial charge is 0.497 e. The molecule has 0 aliphatic rings. The molecule has 9 heteroatoms. The van der Waals surface area contributed by atoms with Crippen molar-refractivity contribution in [1.29, 1.82) is 0 Å². The second-order valence-electron chi connectivity index (χ2n) is 8.23. The smallest absolute Gasteiger partial charge is 0.262 e. The summed E-state index contributed by atoms with van der Waals surface area (Å²) in [4.78, 5) is 26.7. The van der Waals surface area contributed by atoms with E-state index in [4.69, 9.17) is 30.5 Å². The monoisotopic (exact) mass is 522 g/mol. The average Bonchev–Trinajstić information content (AvgIpc) is 3.17. The van der Waals surface area contributed by atoms with E-state index in [1.165, 1.54) is 21.3 Å². The van der Waals surface area contributed by atoms with Crippen LogP contribution in [0.5, 0.6) is 23.0 Å². The van der Waals surface area contributed by atoms with E-state index in [2.05, 4.69) is 5.32 Å². The fourth-order valence-corrected chi connectivity index (χ4v) is 4.44. The number of amides is 1. The minimum absolute atomic E-state index is 0.0209. The standard InChI is InChI=1S/C28H27ClN2O6/c1-16-21(15-26(32)30-19-12-24(35-3)27(37-5)25(13-19)36-4)22-14-20(34-2)10-11-23(22)31(16)28(33)17-6-8-18(29)9-7-17/h6-14H,15H2,1-5H3,(H,30,32). The van der Waals surface area contributed by atoms with Crippen molar-refractivity contribution in [3.8, 4) is 23.0 Å². The number of hydrogen-bond donors (Lipinski definition) is 1. The number of ether oxygens (including phenoxy) is 4. The first-order chi connectivity index (χ1) is 17.8. The summed E-state index contributed by atoms with van der Waals surface area (Å²) in [5.74, 6) is 1.38. The van der Waals surface area contributed by atoms with Crippen LogP contribution >= 0.6 is 11.6 Å². The number of rotatable bonds is 8. The molecule has 4 aromatic rings. The van der Waals surface area contributed by atoms with Crippen LogP contribution in [0.25, 0.3) is 10.9 Å². The zero-order valence-electron chi connectivity index (χ0n) is 21.2. The number of halogens is 1. The number of carbonyl (C=O) groups is 2. The molecule has 1 amide bonds. The maximum atomic E-state index is 13.5. The Labute approximate surface area is 219 Å². The summed E-state index contributed by atoms with van der Waals surface area (Å²) in [6, 6.07) is 15.4. The third-order valence-electron chi connectivity index (χ3n) is 6.12. The Hall–Kier alpha value is -4.17. The van der Waals surface area contributed by atoms with Crippen molar-refractivity contribution in [3.63, 3.8) is 0 Å². The summed E-state index contributed by atoms with van der Waals surface area (Å²) >= 11 is 6.01. The number of fused-ring (bicyclic) bond motifs is 1. The maximum Gasteiger partial charge on any atom is 0.262 e. The average molecular weight is 523 g/mol. The normalized spacial score (nSPS) is 10.8. The van der Waals surface area contributed by atoms with Crippen LogP contribution in [-0.2, 0) is 11.2 Å². The topological polar surface area (TPSA) is 88.0 Å².